The second-order valence-electron chi connectivity index (χ2n) is 3.85. The Kier molecular flexibility index (Phi) is 3.97. The molecule has 0 aliphatic carbocycles. The Hall–Kier alpha value is -1.13. The van der Waals surface area contributed by atoms with Crippen LogP contribution in [-0.4, -0.2) is 9.55 Å². The molecule has 0 spiro atoms. The Morgan fingerprint density at radius 1 is 1.53 bits per heavy atom. The maximum Gasteiger partial charge on any atom is 0.250 e. The number of aryl methyl sites for hydroxylation is 3. The first-order valence-electron chi connectivity index (χ1n) is 5.35. The number of rotatable bonds is 4. The van der Waals surface area contributed by atoms with Gasteiger partial charge in [0.15, 0.2) is 0 Å². The quantitative estimate of drug-likeness (QED) is 0.799. The van der Waals surface area contributed by atoms with Crippen LogP contribution in [0.25, 0.3) is 0 Å². The van der Waals surface area contributed by atoms with Crippen LogP contribution in [0.4, 0.5) is 0 Å². The van der Waals surface area contributed by atoms with Crippen LogP contribution in [0.2, 0.25) is 0 Å². The number of nitrogens with zero attached hydrogens (tertiary/aromatic N) is 2. The zero-order chi connectivity index (χ0) is 12.3. The molecule has 2 aromatic rings. The van der Waals surface area contributed by atoms with Crippen LogP contribution in [0.15, 0.2) is 28.5 Å². The van der Waals surface area contributed by atoms with Crippen LogP contribution in [0.3, 0.4) is 0 Å². The monoisotopic (exact) mass is 268 g/mol. The van der Waals surface area contributed by atoms with Gasteiger partial charge in [0.25, 0.3) is 5.56 Å². The fourth-order valence-corrected chi connectivity index (χ4v) is 2.55. The summed E-state index contributed by atoms with van der Waals surface area (Å²) in [6.07, 6.45) is 2.60. The van der Waals surface area contributed by atoms with Crippen molar-refractivity contribution >= 4 is 22.9 Å². The van der Waals surface area contributed by atoms with Gasteiger partial charge in [-0.15, -0.1) is 22.9 Å². The zero-order valence-corrected chi connectivity index (χ0v) is 11.1. The highest BCUT2D eigenvalue weighted by atomic mass is 35.5. The molecule has 2 rings (SSSR count). The predicted molar refractivity (Wildman–Crippen MR) is 70.8 cm³/mol. The molecular weight excluding hydrogens is 256 g/mol. The van der Waals surface area contributed by atoms with Crippen molar-refractivity contribution in [3.05, 3.63) is 50.3 Å². The topological polar surface area (TPSA) is 34.9 Å². The normalized spacial score (nSPS) is 10.7. The van der Waals surface area contributed by atoms with E-state index in [1.165, 1.54) is 0 Å². The van der Waals surface area contributed by atoms with Crippen molar-refractivity contribution in [3.63, 3.8) is 0 Å². The van der Waals surface area contributed by atoms with E-state index < -0.39 is 0 Å². The summed E-state index contributed by atoms with van der Waals surface area (Å²) in [5.74, 6) is 0.445. The molecule has 0 radical (unpaired) electrons. The van der Waals surface area contributed by atoms with Crippen LogP contribution in [0, 0.1) is 6.92 Å². The van der Waals surface area contributed by atoms with E-state index in [2.05, 4.69) is 4.98 Å². The molecule has 5 heteroatoms. The van der Waals surface area contributed by atoms with E-state index >= 15 is 0 Å². The van der Waals surface area contributed by atoms with Crippen molar-refractivity contribution in [1.29, 1.82) is 0 Å². The van der Waals surface area contributed by atoms with E-state index in [1.54, 1.807) is 22.0 Å². The summed E-state index contributed by atoms with van der Waals surface area (Å²) in [6, 6.07) is 3.58. The maximum atomic E-state index is 11.6. The molecule has 0 fully saturated rings. The number of thiazole rings is 1. The van der Waals surface area contributed by atoms with Gasteiger partial charge in [-0.25, -0.2) is 4.98 Å². The van der Waals surface area contributed by atoms with Gasteiger partial charge < -0.3 is 4.57 Å². The molecule has 0 N–H and O–H groups in total. The standard InChI is InChI=1S/C12H13ClN2OS/c1-9-2-4-15(12(16)6-9)5-3-11-14-10(7-13)8-17-11/h2,4,6,8H,3,5,7H2,1H3. The maximum absolute atomic E-state index is 11.6. The summed E-state index contributed by atoms with van der Waals surface area (Å²) in [5.41, 5.74) is 1.94. The highest BCUT2D eigenvalue weighted by molar-refractivity contribution is 7.09. The summed E-state index contributed by atoms with van der Waals surface area (Å²) in [6.45, 7) is 2.58. The molecule has 17 heavy (non-hydrogen) atoms. The molecule has 2 heterocycles. The predicted octanol–water partition coefficient (Wildman–Crippen LogP) is 2.59. The van der Waals surface area contributed by atoms with Gasteiger partial charge in [-0.05, 0) is 18.6 Å². The van der Waals surface area contributed by atoms with E-state index in [0.717, 1.165) is 22.7 Å². The molecule has 0 unspecified atom stereocenters. The Bertz CT molecular complexity index is 562. The number of hydrogen-bond acceptors (Lipinski definition) is 3. The van der Waals surface area contributed by atoms with E-state index in [-0.39, 0.29) is 5.56 Å². The highest BCUT2D eigenvalue weighted by Crippen LogP contribution is 2.12. The van der Waals surface area contributed by atoms with Gasteiger partial charge in [0, 0.05) is 30.6 Å². The molecule has 3 nitrogen and oxygen atoms in total. The van der Waals surface area contributed by atoms with E-state index in [9.17, 15) is 4.79 Å². The Labute approximate surface area is 109 Å². The third-order valence-electron chi connectivity index (χ3n) is 2.45. The minimum absolute atomic E-state index is 0.0409. The molecule has 0 amide bonds. The van der Waals surface area contributed by atoms with Crippen LogP contribution in [0.5, 0.6) is 0 Å². The third kappa shape index (κ3) is 3.17. The molecule has 0 saturated heterocycles. The zero-order valence-electron chi connectivity index (χ0n) is 9.52. The van der Waals surface area contributed by atoms with Crippen molar-refractivity contribution in [3.8, 4) is 0 Å². The largest absolute Gasteiger partial charge is 0.315 e. The van der Waals surface area contributed by atoms with Gasteiger partial charge in [-0.2, -0.15) is 0 Å². The molecule has 0 aliphatic rings. The van der Waals surface area contributed by atoms with E-state index in [4.69, 9.17) is 11.6 Å². The minimum atomic E-state index is 0.0409. The van der Waals surface area contributed by atoms with Crippen molar-refractivity contribution in [1.82, 2.24) is 9.55 Å². The van der Waals surface area contributed by atoms with E-state index in [0.29, 0.717) is 12.4 Å². The number of hydrogen-bond donors (Lipinski definition) is 0. The first-order valence-corrected chi connectivity index (χ1v) is 6.77. The number of halogens is 1. The average molecular weight is 269 g/mol. The van der Waals surface area contributed by atoms with Crippen molar-refractivity contribution in [2.24, 2.45) is 0 Å². The SMILES string of the molecule is Cc1ccn(CCc2nc(CCl)cs2)c(=O)c1. The second kappa shape index (κ2) is 5.47. The summed E-state index contributed by atoms with van der Waals surface area (Å²) in [4.78, 5) is 16.0. The van der Waals surface area contributed by atoms with Crippen molar-refractivity contribution in [2.75, 3.05) is 0 Å². The molecule has 0 atom stereocenters. The smallest absolute Gasteiger partial charge is 0.250 e. The second-order valence-corrected chi connectivity index (χ2v) is 5.06. The molecule has 2 aromatic heterocycles. The van der Waals surface area contributed by atoms with Gasteiger partial charge in [-0.3, -0.25) is 4.79 Å². The Balaban J connectivity index is 2.04. The molecule has 0 saturated carbocycles. The van der Waals surface area contributed by atoms with Gasteiger partial charge >= 0.3 is 0 Å². The van der Waals surface area contributed by atoms with Crippen LogP contribution in [-0.2, 0) is 18.8 Å². The number of aromatic nitrogens is 2. The van der Waals surface area contributed by atoms with Gasteiger partial charge in [0.2, 0.25) is 0 Å². The Morgan fingerprint density at radius 2 is 2.35 bits per heavy atom. The average Bonchev–Trinajstić information content (AvgIpc) is 2.76. The molecule has 0 aliphatic heterocycles. The number of alkyl halides is 1. The Morgan fingerprint density at radius 3 is 3.00 bits per heavy atom. The van der Waals surface area contributed by atoms with Crippen LogP contribution in [0.1, 0.15) is 16.3 Å². The molecule has 90 valence electrons. The van der Waals surface area contributed by atoms with Crippen molar-refractivity contribution < 1.29 is 0 Å². The lowest BCUT2D eigenvalue weighted by atomic mass is 10.3. The van der Waals surface area contributed by atoms with Crippen LogP contribution < -0.4 is 5.56 Å². The summed E-state index contributed by atoms with van der Waals surface area (Å²) < 4.78 is 1.70. The molecular formula is C12H13ClN2OS. The lowest BCUT2D eigenvalue weighted by molar-refractivity contribution is 0.665. The van der Waals surface area contributed by atoms with Crippen molar-refractivity contribution in [2.45, 2.75) is 25.8 Å². The first-order chi connectivity index (χ1) is 8.19. The van der Waals surface area contributed by atoms with Gasteiger partial charge in [0.1, 0.15) is 0 Å². The van der Waals surface area contributed by atoms with Gasteiger partial charge in [0.05, 0.1) is 16.6 Å². The fourth-order valence-electron chi connectivity index (χ4n) is 1.53. The molecule has 0 aromatic carbocycles. The third-order valence-corrected chi connectivity index (χ3v) is 3.69. The van der Waals surface area contributed by atoms with E-state index in [1.807, 2.05) is 24.6 Å². The molecule has 0 bridgehead atoms. The van der Waals surface area contributed by atoms with Crippen LogP contribution >= 0.6 is 22.9 Å². The minimum Gasteiger partial charge on any atom is -0.315 e. The summed E-state index contributed by atoms with van der Waals surface area (Å²) in [7, 11) is 0. The summed E-state index contributed by atoms with van der Waals surface area (Å²) >= 11 is 7.28. The summed E-state index contributed by atoms with van der Waals surface area (Å²) in [5, 5.41) is 2.98. The fraction of sp³-hybridized carbons (Fsp3) is 0.333. The first kappa shape index (κ1) is 12.3. The lowest BCUT2D eigenvalue weighted by Crippen LogP contribution is -2.19. The van der Waals surface area contributed by atoms with Gasteiger partial charge in [-0.1, -0.05) is 0 Å². The number of pyridine rings is 1. The highest BCUT2D eigenvalue weighted by Gasteiger charge is 2.02. The lowest BCUT2D eigenvalue weighted by Gasteiger charge is -2.03.